The van der Waals surface area contributed by atoms with Crippen LogP contribution in [0.2, 0.25) is 18.1 Å². The molecule has 26 heavy (non-hydrogen) atoms. The Hall–Kier alpha value is -0.983. The molecular weight excluding hydrogens is 362 g/mol. The van der Waals surface area contributed by atoms with Crippen LogP contribution >= 0.6 is 11.8 Å². The fraction of sp³-hybridized carbons (Fsp3) is 0.650. The predicted octanol–water partition coefficient (Wildman–Crippen LogP) is 5.50. The largest absolute Gasteiger partial charge is 0.444 e. The number of amides is 1. The van der Waals surface area contributed by atoms with Crippen LogP contribution in [0.3, 0.4) is 0 Å². The van der Waals surface area contributed by atoms with Crippen LogP contribution in [0.5, 0.6) is 0 Å². The standard InChI is InChI=1S/C20H33NO3SSi/c1-19(2,3)26(6,7)24-20(4)13-17(25-5)14-21(20)18(22)23-15-16-11-9-8-10-12-16/h8-12,17H,13-15H2,1-7H3/t17-,20-/m0/s1. The summed E-state index contributed by atoms with van der Waals surface area (Å²) in [6.07, 6.45) is 2.64. The zero-order valence-corrected chi connectivity index (χ0v) is 19.0. The van der Waals surface area contributed by atoms with Crippen molar-refractivity contribution in [2.75, 3.05) is 12.8 Å². The lowest BCUT2D eigenvalue weighted by Crippen LogP contribution is -2.55. The van der Waals surface area contributed by atoms with E-state index in [2.05, 4.69) is 40.1 Å². The molecule has 1 aromatic carbocycles. The first kappa shape index (κ1) is 21.3. The van der Waals surface area contributed by atoms with E-state index in [0.717, 1.165) is 12.0 Å². The van der Waals surface area contributed by atoms with Gasteiger partial charge in [-0.15, -0.1) is 0 Å². The van der Waals surface area contributed by atoms with E-state index in [-0.39, 0.29) is 17.7 Å². The molecule has 4 nitrogen and oxygen atoms in total. The van der Waals surface area contributed by atoms with Gasteiger partial charge in [-0.1, -0.05) is 51.1 Å². The summed E-state index contributed by atoms with van der Waals surface area (Å²) in [7, 11) is -2.02. The molecule has 0 N–H and O–H groups in total. The maximum absolute atomic E-state index is 12.9. The number of hydrogen-bond acceptors (Lipinski definition) is 4. The SMILES string of the molecule is CS[C@@H]1CN(C(=O)OCc2ccccc2)[C@@](C)(O[Si](C)(C)C(C)(C)C)C1. The third-order valence-corrected chi connectivity index (χ3v) is 11.1. The summed E-state index contributed by atoms with van der Waals surface area (Å²) < 4.78 is 12.3. The molecule has 1 saturated heterocycles. The smallest absolute Gasteiger partial charge is 0.412 e. The summed E-state index contributed by atoms with van der Waals surface area (Å²) >= 11 is 1.79. The fourth-order valence-corrected chi connectivity index (χ4v) is 5.39. The first-order valence-electron chi connectivity index (χ1n) is 9.20. The van der Waals surface area contributed by atoms with E-state index in [1.165, 1.54) is 0 Å². The van der Waals surface area contributed by atoms with Crippen molar-refractivity contribution in [2.24, 2.45) is 0 Å². The minimum absolute atomic E-state index is 0.0903. The molecule has 1 aliphatic heterocycles. The van der Waals surface area contributed by atoms with Gasteiger partial charge in [0.25, 0.3) is 0 Å². The summed E-state index contributed by atoms with van der Waals surface area (Å²) in [5.41, 5.74) is 0.387. The Bertz CT molecular complexity index is 617. The Labute approximate surface area is 163 Å². The number of carbonyl (C=O) groups excluding carboxylic acids is 1. The number of carbonyl (C=O) groups is 1. The van der Waals surface area contributed by atoms with E-state index < -0.39 is 14.0 Å². The molecular formula is C20H33NO3SSi. The highest BCUT2D eigenvalue weighted by Gasteiger charge is 2.51. The van der Waals surface area contributed by atoms with E-state index in [1.54, 1.807) is 16.7 Å². The van der Waals surface area contributed by atoms with Crippen molar-refractivity contribution in [3.63, 3.8) is 0 Å². The van der Waals surface area contributed by atoms with Crippen LogP contribution in [0.15, 0.2) is 30.3 Å². The molecule has 0 spiro atoms. The Balaban J connectivity index is 2.14. The van der Waals surface area contributed by atoms with Crippen molar-refractivity contribution in [2.45, 2.75) is 69.8 Å². The van der Waals surface area contributed by atoms with Crippen molar-refractivity contribution in [1.29, 1.82) is 0 Å². The number of ether oxygens (including phenoxy) is 1. The van der Waals surface area contributed by atoms with E-state index in [1.807, 2.05) is 37.3 Å². The number of thioether (sulfide) groups is 1. The third-order valence-electron chi connectivity index (χ3n) is 5.60. The maximum atomic E-state index is 12.9. The van der Waals surface area contributed by atoms with Gasteiger partial charge in [0.2, 0.25) is 0 Å². The van der Waals surface area contributed by atoms with Crippen molar-refractivity contribution in [3.05, 3.63) is 35.9 Å². The third kappa shape index (κ3) is 4.84. The second-order valence-electron chi connectivity index (χ2n) is 8.75. The molecule has 2 atom stereocenters. The highest BCUT2D eigenvalue weighted by atomic mass is 32.2. The second-order valence-corrected chi connectivity index (χ2v) is 14.6. The van der Waals surface area contributed by atoms with Gasteiger partial charge in [-0.25, -0.2) is 4.79 Å². The molecule has 146 valence electrons. The van der Waals surface area contributed by atoms with Gasteiger partial charge in [-0.3, -0.25) is 4.90 Å². The lowest BCUT2D eigenvalue weighted by molar-refractivity contribution is -0.0467. The summed E-state index contributed by atoms with van der Waals surface area (Å²) in [6, 6.07) is 9.79. The molecule has 0 unspecified atom stereocenters. The molecule has 1 heterocycles. The van der Waals surface area contributed by atoms with Gasteiger partial charge in [0.1, 0.15) is 12.3 Å². The van der Waals surface area contributed by atoms with Gasteiger partial charge in [0.15, 0.2) is 8.32 Å². The molecule has 0 aromatic heterocycles. The van der Waals surface area contributed by atoms with Gasteiger partial charge in [0, 0.05) is 18.2 Å². The zero-order valence-electron chi connectivity index (χ0n) is 17.2. The monoisotopic (exact) mass is 395 g/mol. The average Bonchev–Trinajstić information content (AvgIpc) is 2.88. The van der Waals surface area contributed by atoms with Gasteiger partial charge in [-0.05, 0) is 36.9 Å². The predicted molar refractivity (Wildman–Crippen MR) is 112 cm³/mol. The Morgan fingerprint density at radius 2 is 1.92 bits per heavy atom. The van der Waals surface area contributed by atoms with Gasteiger partial charge < -0.3 is 9.16 Å². The molecule has 0 saturated carbocycles. The van der Waals surface area contributed by atoms with Crippen molar-refractivity contribution in [1.82, 2.24) is 4.90 Å². The number of benzene rings is 1. The highest BCUT2D eigenvalue weighted by Crippen LogP contribution is 2.44. The van der Waals surface area contributed by atoms with Crippen LogP contribution < -0.4 is 0 Å². The van der Waals surface area contributed by atoms with Gasteiger partial charge in [0.05, 0.1) is 0 Å². The maximum Gasteiger partial charge on any atom is 0.412 e. The quantitative estimate of drug-likeness (QED) is 0.617. The Morgan fingerprint density at radius 1 is 1.31 bits per heavy atom. The second kappa shape index (κ2) is 7.95. The molecule has 1 aromatic rings. The van der Waals surface area contributed by atoms with E-state index in [9.17, 15) is 4.79 Å². The van der Waals surface area contributed by atoms with Crippen LogP contribution in [-0.2, 0) is 15.8 Å². The number of likely N-dealkylation sites (tertiary alicyclic amines) is 1. The summed E-state index contributed by atoms with van der Waals surface area (Å²) in [4.78, 5) is 14.7. The number of nitrogens with zero attached hydrogens (tertiary/aromatic N) is 1. The Morgan fingerprint density at radius 3 is 2.46 bits per heavy atom. The average molecular weight is 396 g/mol. The van der Waals surface area contributed by atoms with E-state index >= 15 is 0 Å². The van der Waals surface area contributed by atoms with E-state index in [4.69, 9.17) is 9.16 Å². The molecule has 0 bridgehead atoms. The number of hydrogen-bond donors (Lipinski definition) is 0. The molecule has 1 amide bonds. The molecule has 1 fully saturated rings. The molecule has 0 aliphatic carbocycles. The van der Waals surface area contributed by atoms with Crippen LogP contribution in [0.4, 0.5) is 4.79 Å². The number of rotatable bonds is 5. The normalized spacial score (nSPS) is 24.0. The highest BCUT2D eigenvalue weighted by molar-refractivity contribution is 7.99. The minimum atomic E-state index is -2.02. The lowest BCUT2D eigenvalue weighted by atomic mass is 10.2. The van der Waals surface area contributed by atoms with Crippen molar-refractivity contribution >= 4 is 26.2 Å². The lowest BCUT2D eigenvalue weighted by Gasteiger charge is -2.45. The first-order chi connectivity index (χ1) is 12.0. The first-order valence-corrected chi connectivity index (χ1v) is 13.4. The van der Waals surface area contributed by atoms with Gasteiger partial charge in [-0.2, -0.15) is 11.8 Å². The summed E-state index contributed by atoms with van der Waals surface area (Å²) in [5, 5.41) is 0.460. The fourth-order valence-electron chi connectivity index (χ4n) is 3.02. The zero-order chi connectivity index (χ0) is 19.6. The van der Waals surface area contributed by atoms with E-state index in [0.29, 0.717) is 11.8 Å². The molecule has 1 aliphatic rings. The van der Waals surface area contributed by atoms with Crippen LogP contribution in [0.1, 0.15) is 39.7 Å². The molecule has 0 radical (unpaired) electrons. The molecule has 2 rings (SSSR count). The summed E-state index contributed by atoms with van der Waals surface area (Å²) in [5.74, 6) is 0. The van der Waals surface area contributed by atoms with Gasteiger partial charge >= 0.3 is 6.09 Å². The van der Waals surface area contributed by atoms with Crippen LogP contribution in [0, 0.1) is 0 Å². The Kier molecular flexibility index (Phi) is 6.51. The molecule has 6 heteroatoms. The minimum Gasteiger partial charge on any atom is -0.444 e. The topological polar surface area (TPSA) is 38.8 Å². The van der Waals surface area contributed by atoms with Crippen LogP contribution in [-0.4, -0.2) is 43.1 Å². The summed E-state index contributed by atoms with van der Waals surface area (Å²) in [6.45, 7) is 14.1. The van der Waals surface area contributed by atoms with Crippen LogP contribution in [0.25, 0.3) is 0 Å². The van der Waals surface area contributed by atoms with Crippen molar-refractivity contribution in [3.8, 4) is 0 Å². The van der Waals surface area contributed by atoms with Crippen molar-refractivity contribution < 1.29 is 14.0 Å².